The lowest BCUT2D eigenvalue weighted by atomic mass is 10.1. The highest BCUT2D eigenvalue weighted by Crippen LogP contribution is 2.43. The highest BCUT2D eigenvalue weighted by Gasteiger charge is 2.40. The highest BCUT2D eigenvalue weighted by molar-refractivity contribution is 7.93. The van der Waals surface area contributed by atoms with Gasteiger partial charge in [-0.2, -0.15) is 0 Å². The molecule has 0 N–H and O–H groups in total. The maximum absolute atomic E-state index is 12.6. The molecule has 1 unspecified atom stereocenters. The Morgan fingerprint density at radius 3 is 2.43 bits per heavy atom. The summed E-state index contributed by atoms with van der Waals surface area (Å²) >= 11 is 0. The van der Waals surface area contributed by atoms with Gasteiger partial charge in [-0.05, 0) is 37.2 Å². The van der Waals surface area contributed by atoms with Gasteiger partial charge in [0, 0.05) is 13.6 Å². The summed E-state index contributed by atoms with van der Waals surface area (Å²) in [5, 5.41) is -0.443. The first kappa shape index (κ1) is 16.0. The van der Waals surface area contributed by atoms with Gasteiger partial charge in [-0.3, -0.25) is 4.31 Å². The molecule has 0 aromatic heterocycles. The van der Waals surface area contributed by atoms with Gasteiger partial charge in [0.15, 0.2) is 0 Å². The molecule has 3 rings (SSSR count). The van der Waals surface area contributed by atoms with E-state index >= 15 is 0 Å². The molecule has 4 nitrogen and oxygen atoms in total. The normalized spacial score (nSPS) is 19.1. The molecule has 122 valence electrons. The van der Waals surface area contributed by atoms with Gasteiger partial charge in [0.2, 0.25) is 10.0 Å². The quantitative estimate of drug-likeness (QED) is 0.846. The lowest BCUT2D eigenvalue weighted by Crippen LogP contribution is -2.27. The second kappa shape index (κ2) is 6.34. The molecule has 0 spiro atoms. The van der Waals surface area contributed by atoms with Gasteiger partial charge in [0.25, 0.3) is 0 Å². The number of benzene rings is 2. The third-order valence-electron chi connectivity index (χ3n) is 4.43. The van der Waals surface area contributed by atoms with Crippen LogP contribution in [0.3, 0.4) is 0 Å². The Hall–Kier alpha value is -1.85. The van der Waals surface area contributed by atoms with Crippen molar-refractivity contribution >= 4 is 15.7 Å². The lowest BCUT2D eigenvalue weighted by molar-refractivity contribution is 0.320. The predicted molar refractivity (Wildman–Crippen MR) is 93.9 cm³/mol. The summed E-state index contributed by atoms with van der Waals surface area (Å²) in [6.45, 7) is 1.56. The molecule has 0 saturated heterocycles. The van der Waals surface area contributed by atoms with Crippen LogP contribution >= 0.6 is 0 Å². The lowest BCUT2D eigenvalue weighted by Gasteiger charge is -2.20. The molecule has 2 aromatic carbocycles. The molecule has 0 saturated carbocycles. The average Bonchev–Trinajstić information content (AvgIpc) is 2.74. The molecule has 1 aliphatic rings. The van der Waals surface area contributed by atoms with Crippen LogP contribution in [0.2, 0.25) is 0 Å². The van der Waals surface area contributed by atoms with Crippen molar-refractivity contribution in [3.8, 4) is 0 Å². The summed E-state index contributed by atoms with van der Waals surface area (Å²) < 4.78 is 26.7. The van der Waals surface area contributed by atoms with E-state index in [1.54, 1.807) is 7.05 Å². The minimum absolute atomic E-state index is 0.443. The molecule has 23 heavy (non-hydrogen) atoms. The molecule has 0 radical (unpaired) electrons. The Bertz CT molecular complexity index is 775. The van der Waals surface area contributed by atoms with E-state index in [0.29, 0.717) is 6.42 Å². The van der Waals surface area contributed by atoms with Crippen molar-refractivity contribution in [2.24, 2.45) is 0 Å². The number of sulfonamides is 1. The zero-order chi connectivity index (χ0) is 16.4. The first-order chi connectivity index (χ1) is 11.0. The molecular formula is C18H22N2O2S. The fourth-order valence-electron chi connectivity index (χ4n) is 3.15. The van der Waals surface area contributed by atoms with Crippen LogP contribution in [0.4, 0.5) is 5.69 Å². The summed E-state index contributed by atoms with van der Waals surface area (Å²) in [7, 11) is 0.386. The Balaban J connectivity index is 1.70. The van der Waals surface area contributed by atoms with Crippen LogP contribution in [0.1, 0.15) is 22.8 Å². The van der Waals surface area contributed by atoms with Gasteiger partial charge in [-0.15, -0.1) is 0 Å². The summed E-state index contributed by atoms with van der Waals surface area (Å²) in [4.78, 5) is 2.17. The highest BCUT2D eigenvalue weighted by atomic mass is 32.2. The Labute approximate surface area is 138 Å². The number of anilines is 1. The van der Waals surface area contributed by atoms with Crippen molar-refractivity contribution in [2.45, 2.75) is 18.2 Å². The van der Waals surface area contributed by atoms with Crippen LogP contribution in [0.25, 0.3) is 0 Å². The van der Waals surface area contributed by atoms with Crippen LogP contribution in [0.15, 0.2) is 54.6 Å². The maximum atomic E-state index is 12.6. The standard InChI is InChI=1S/C18H22N2O2S/c1-19(14-15-8-4-3-5-9-15)13-12-18-16-10-6-7-11-17(16)20(2)23(18,21)22/h3-11,18H,12-14H2,1-2H3. The van der Waals surface area contributed by atoms with Gasteiger partial charge in [-0.1, -0.05) is 48.5 Å². The molecule has 2 aromatic rings. The van der Waals surface area contributed by atoms with E-state index in [1.807, 2.05) is 49.5 Å². The molecular weight excluding hydrogens is 308 g/mol. The molecule has 1 atom stereocenters. The Morgan fingerprint density at radius 2 is 1.70 bits per heavy atom. The van der Waals surface area contributed by atoms with Crippen LogP contribution in [-0.4, -0.2) is 34.0 Å². The molecule has 1 aliphatic heterocycles. The van der Waals surface area contributed by atoms with Gasteiger partial charge >= 0.3 is 0 Å². The van der Waals surface area contributed by atoms with Crippen LogP contribution < -0.4 is 4.31 Å². The summed E-state index contributed by atoms with van der Waals surface area (Å²) in [6, 6.07) is 17.8. The molecule has 1 heterocycles. The Kier molecular flexibility index (Phi) is 4.41. The van der Waals surface area contributed by atoms with E-state index in [4.69, 9.17) is 0 Å². The third kappa shape index (κ3) is 3.12. The zero-order valence-corrected chi connectivity index (χ0v) is 14.3. The van der Waals surface area contributed by atoms with E-state index in [2.05, 4.69) is 17.0 Å². The van der Waals surface area contributed by atoms with Crippen molar-refractivity contribution in [3.63, 3.8) is 0 Å². The second-order valence-corrected chi connectivity index (χ2v) is 8.22. The minimum atomic E-state index is -3.29. The smallest absolute Gasteiger partial charge is 0.242 e. The van der Waals surface area contributed by atoms with Crippen molar-refractivity contribution in [1.82, 2.24) is 4.90 Å². The molecule has 0 fully saturated rings. The van der Waals surface area contributed by atoms with E-state index in [9.17, 15) is 8.42 Å². The number of hydrogen-bond acceptors (Lipinski definition) is 3. The van der Waals surface area contributed by atoms with Gasteiger partial charge in [0.1, 0.15) is 5.25 Å². The second-order valence-electron chi connectivity index (χ2n) is 6.07. The van der Waals surface area contributed by atoms with Crippen molar-refractivity contribution in [1.29, 1.82) is 0 Å². The summed E-state index contributed by atoms with van der Waals surface area (Å²) in [6.07, 6.45) is 0.604. The fraction of sp³-hybridized carbons (Fsp3) is 0.333. The average molecular weight is 330 g/mol. The summed E-state index contributed by atoms with van der Waals surface area (Å²) in [5.41, 5.74) is 2.97. The maximum Gasteiger partial charge on any atom is 0.242 e. The number of fused-ring (bicyclic) bond motifs is 1. The van der Waals surface area contributed by atoms with Gasteiger partial charge < -0.3 is 4.90 Å². The van der Waals surface area contributed by atoms with Crippen molar-refractivity contribution in [3.05, 3.63) is 65.7 Å². The Morgan fingerprint density at radius 1 is 1.04 bits per heavy atom. The number of nitrogens with zero attached hydrogens (tertiary/aromatic N) is 2. The predicted octanol–water partition coefficient (Wildman–Crippen LogP) is 3.03. The van der Waals surface area contributed by atoms with Crippen molar-refractivity contribution in [2.75, 3.05) is 24.9 Å². The fourth-order valence-corrected chi connectivity index (χ4v) is 4.90. The number of para-hydroxylation sites is 1. The largest absolute Gasteiger partial charge is 0.302 e. The number of rotatable bonds is 5. The first-order valence-electron chi connectivity index (χ1n) is 7.79. The van der Waals surface area contributed by atoms with Gasteiger partial charge in [0.05, 0.1) is 5.69 Å². The van der Waals surface area contributed by atoms with E-state index in [-0.39, 0.29) is 0 Å². The van der Waals surface area contributed by atoms with Crippen LogP contribution in [0, 0.1) is 0 Å². The van der Waals surface area contributed by atoms with E-state index < -0.39 is 15.3 Å². The van der Waals surface area contributed by atoms with E-state index in [0.717, 1.165) is 24.3 Å². The monoisotopic (exact) mass is 330 g/mol. The molecule has 5 heteroatoms. The SMILES string of the molecule is CN(CCC1c2ccccc2N(C)S1(=O)=O)Cc1ccccc1. The van der Waals surface area contributed by atoms with E-state index in [1.165, 1.54) is 9.87 Å². The number of hydrogen-bond donors (Lipinski definition) is 0. The minimum Gasteiger partial charge on any atom is -0.302 e. The molecule has 0 amide bonds. The van der Waals surface area contributed by atoms with Crippen molar-refractivity contribution < 1.29 is 8.42 Å². The molecule has 0 aliphatic carbocycles. The van der Waals surface area contributed by atoms with Gasteiger partial charge in [-0.25, -0.2) is 8.42 Å². The van der Waals surface area contributed by atoms with Crippen LogP contribution in [0.5, 0.6) is 0 Å². The third-order valence-corrected chi connectivity index (χ3v) is 6.60. The first-order valence-corrected chi connectivity index (χ1v) is 9.29. The topological polar surface area (TPSA) is 40.6 Å². The zero-order valence-electron chi connectivity index (χ0n) is 13.5. The molecule has 0 bridgehead atoms. The summed E-state index contributed by atoms with van der Waals surface area (Å²) in [5.74, 6) is 0. The van der Waals surface area contributed by atoms with Crippen LogP contribution in [-0.2, 0) is 16.6 Å².